The van der Waals surface area contributed by atoms with Crippen LogP contribution in [0.15, 0.2) is 0 Å². The second-order valence-corrected chi connectivity index (χ2v) is 9.13. The highest BCUT2D eigenvalue weighted by Crippen LogP contribution is 2.32. The molecule has 2 aliphatic heterocycles. The zero-order valence-electron chi connectivity index (χ0n) is 17.7. The third-order valence-electron chi connectivity index (χ3n) is 4.83. The van der Waals surface area contributed by atoms with E-state index in [-0.39, 0.29) is 19.6 Å². The van der Waals surface area contributed by atoms with Crippen molar-refractivity contribution >= 4 is 26.8 Å². The van der Waals surface area contributed by atoms with Crippen LogP contribution in [0.2, 0.25) is 0 Å². The first-order valence-corrected chi connectivity index (χ1v) is 12.0. The molecule has 0 amide bonds. The van der Waals surface area contributed by atoms with Gasteiger partial charge in [0.15, 0.2) is 18.5 Å². The number of carbonyl (C=O) groups is 1. The van der Waals surface area contributed by atoms with Crippen molar-refractivity contribution in [2.75, 3.05) is 34.5 Å². The molecular formula is C15H26O16S2. The molecule has 2 aliphatic rings. The van der Waals surface area contributed by atoms with Crippen LogP contribution < -0.4 is 0 Å². The van der Waals surface area contributed by atoms with Crippen molar-refractivity contribution in [1.82, 2.24) is 0 Å². The van der Waals surface area contributed by atoms with Crippen LogP contribution in [0.4, 0.5) is 0 Å². The molecule has 0 aromatic heterocycles. The van der Waals surface area contributed by atoms with Crippen molar-refractivity contribution in [3.8, 4) is 0 Å². The Morgan fingerprint density at radius 3 is 2.06 bits per heavy atom. The highest BCUT2D eigenvalue weighted by atomic mass is 32.3. The van der Waals surface area contributed by atoms with E-state index >= 15 is 0 Å². The fraction of sp³-hybridized carbons (Fsp3) is 0.933. The Morgan fingerprint density at radius 1 is 0.939 bits per heavy atom. The molecule has 2 heterocycles. The number of carboxylic acids is 1. The molecule has 194 valence electrons. The largest absolute Gasteiger partial charge is 0.479 e. The lowest BCUT2D eigenvalue weighted by Gasteiger charge is -2.44. The summed E-state index contributed by atoms with van der Waals surface area (Å²) in [4.78, 5) is 11.7. The summed E-state index contributed by atoms with van der Waals surface area (Å²) < 4.78 is 105. The maximum absolute atomic E-state index is 11.7. The summed E-state index contributed by atoms with van der Waals surface area (Å²) in [6, 6.07) is 0. The fourth-order valence-electron chi connectivity index (χ4n) is 3.57. The van der Waals surface area contributed by atoms with Gasteiger partial charge in [0.2, 0.25) is 0 Å². The highest BCUT2D eigenvalue weighted by Gasteiger charge is 2.51. The van der Waals surface area contributed by atoms with Gasteiger partial charge in [0.1, 0.15) is 24.4 Å². The number of aliphatic carboxylic acids is 1. The van der Waals surface area contributed by atoms with E-state index in [1.165, 1.54) is 21.3 Å². The van der Waals surface area contributed by atoms with Gasteiger partial charge in [-0.3, -0.25) is 9.11 Å². The predicted octanol–water partition coefficient (Wildman–Crippen LogP) is -1.98. The molecule has 3 N–H and O–H groups in total. The standard InChI is InChI=1S/C15H26O16S2/c1-24-5-7-4-8(30-32(18,19)20)11(31-33(21,22)23)15(28-7)29-12-10(26-3)9(25-2)6-27-13(12)14(16)17/h7-13,15H,4-6H2,1-3H3,(H,16,17)(H,18,19,20)(H,21,22,23)/t7?,8?,9?,10?,11?,12-,13?,15+/m1/s1. The first kappa shape index (κ1) is 28.2. The van der Waals surface area contributed by atoms with Gasteiger partial charge in [-0.05, 0) is 0 Å². The lowest BCUT2D eigenvalue weighted by Crippen LogP contribution is -2.62. The van der Waals surface area contributed by atoms with Crippen LogP contribution in [-0.2, 0) is 62.4 Å². The van der Waals surface area contributed by atoms with Gasteiger partial charge in [0.25, 0.3) is 0 Å². The Morgan fingerprint density at radius 2 is 1.58 bits per heavy atom. The molecule has 2 fully saturated rings. The van der Waals surface area contributed by atoms with Crippen LogP contribution in [-0.4, -0.2) is 121 Å². The minimum Gasteiger partial charge on any atom is -0.479 e. The maximum atomic E-state index is 11.7. The average Bonchev–Trinajstić information content (AvgIpc) is 2.68. The van der Waals surface area contributed by atoms with Gasteiger partial charge >= 0.3 is 26.8 Å². The summed E-state index contributed by atoms with van der Waals surface area (Å²) in [6.45, 7) is -0.342. The Balaban J connectivity index is 2.45. The van der Waals surface area contributed by atoms with Crippen molar-refractivity contribution in [3.63, 3.8) is 0 Å². The molecule has 6 unspecified atom stereocenters. The van der Waals surface area contributed by atoms with Crippen molar-refractivity contribution in [3.05, 3.63) is 0 Å². The average molecular weight is 526 g/mol. The van der Waals surface area contributed by atoms with Crippen LogP contribution in [0.25, 0.3) is 0 Å². The van der Waals surface area contributed by atoms with Crippen LogP contribution in [0.5, 0.6) is 0 Å². The fourth-order valence-corrected chi connectivity index (χ4v) is 4.56. The summed E-state index contributed by atoms with van der Waals surface area (Å²) in [5.74, 6) is -1.46. The second kappa shape index (κ2) is 11.6. The second-order valence-electron chi connectivity index (χ2n) is 7.04. The number of hydrogen-bond donors (Lipinski definition) is 3. The summed E-state index contributed by atoms with van der Waals surface area (Å²) in [5, 5.41) is 9.54. The first-order valence-electron chi connectivity index (χ1n) is 9.30. The van der Waals surface area contributed by atoms with Crippen LogP contribution in [0, 0.1) is 0 Å². The zero-order chi connectivity index (χ0) is 25.0. The third kappa shape index (κ3) is 8.01. The van der Waals surface area contributed by atoms with Gasteiger partial charge in [-0.2, -0.15) is 16.8 Å². The summed E-state index contributed by atoms with van der Waals surface area (Å²) in [7, 11) is -6.52. The minimum absolute atomic E-state index is 0.165. The number of rotatable bonds is 11. The Kier molecular flexibility index (Phi) is 9.92. The van der Waals surface area contributed by atoms with Gasteiger partial charge < -0.3 is 33.5 Å². The normalized spacial score (nSPS) is 35.9. The smallest absolute Gasteiger partial charge is 0.397 e. The van der Waals surface area contributed by atoms with Crippen LogP contribution in [0.1, 0.15) is 6.42 Å². The van der Waals surface area contributed by atoms with Crippen molar-refractivity contribution in [1.29, 1.82) is 0 Å². The van der Waals surface area contributed by atoms with Gasteiger partial charge in [0, 0.05) is 27.8 Å². The number of hydrogen-bond acceptors (Lipinski definition) is 13. The molecular weight excluding hydrogens is 500 g/mol. The molecule has 2 saturated heterocycles. The van der Waals surface area contributed by atoms with Gasteiger partial charge in [0.05, 0.1) is 19.3 Å². The lowest BCUT2D eigenvalue weighted by molar-refractivity contribution is -0.313. The van der Waals surface area contributed by atoms with Crippen LogP contribution >= 0.6 is 0 Å². The Hall–Kier alpha value is -1.03. The Bertz CT molecular complexity index is 859. The molecule has 33 heavy (non-hydrogen) atoms. The van der Waals surface area contributed by atoms with E-state index in [0.717, 1.165) is 0 Å². The molecule has 18 heteroatoms. The third-order valence-corrected chi connectivity index (χ3v) is 5.78. The highest BCUT2D eigenvalue weighted by molar-refractivity contribution is 7.81. The van der Waals surface area contributed by atoms with Crippen LogP contribution in [0.3, 0.4) is 0 Å². The number of methoxy groups -OCH3 is 3. The van der Waals surface area contributed by atoms with E-state index in [4.69, 9.17) is 33.0 Å². The van der Waals surface area contributed by atoms with E-state index in [0.29, 0.717) is 0 Å². The molecule has 2 rings (SSSR count). The molecule has 0 aromatic rings. The molecule has 16 nitrogen and oxygen atoms in total. The van der Waals surface area contributed by atoms with E-state index < -0.39 is 75.8 Å². The van der Waals surface area contributed by atoms with Crippen molar-refractivity contribution in [2.24, 2.45) is 0 Å². The molecule has 0 aliphatic carbocycles. The summed E-state index contributed by atoms with van der Waals surface area (Å²) in [5.41, 5.74) is 0. The topological polar surface area (TPSA) is 220 Å². The number of ether oxygens (including phenoxy) is 6. The SMILES string of the molecule is COCC1CC(OS(=O)(=O)O)C(OS(=O)(=O)O)[C@H](O[C@H]2C(C(=O)O)OCC(OC)C2OC)O1. The maximum Gasteiger partial charge on any atom is 0.397 e. The van der Waals surface area contributed by atoms with Gasteiger partial charge in [-0.1, -0.05) is 0 Å². The monoisotopic (exact) mass is 526 g/mol. The summed E-state index contributed by atoms with van der Waals surface area (Å²) in [6.07, 6.45) is -12.0. The molecule has 0 spiro atoms. The summed E-state index contributed by atoms with van der Waals surface area (Å²) >= 11 is 0. The van der Waals surface area contributed by atoms with Crippen molar-refractivity contribution < 1.29 is 72.6 Å². The van der Waals surface area contributed by atoms with Gasteiger partial charge in [-0.25, -0.2) is 13.2 Å². The predicted molar refractivity (Wildman–Crippen MR) is 102 cm³/mol. The Labute approximate surface area is 189 Å². The zero-order valence-corrected chi connectivity index (χ0v) is 19.3. The van der Waals surface area contributed by atoms with E-state index in [9.17, 15) is 31.3 Å². The lowest BCUT2D eigenvalue weighted by atomic mass is 9.98. The molecule has 0 radical (unpaired) electrons. The number of carboxylic acid groups (broad SMARTS) is 1. The van der Waals surface area contributed by atoms with E-state index in [1.807, 2.05) is 0 Å². The quantitative estimate of drug-likeness (QED) is 0.248. The molecule has 0 bridgehead atoms. The van der Waals surface area contributed by atoms with Crippen molar-refractivity contribution in [2.45, 2.75) is 55.4 Å². The van der Waals surface area contributed by atoms with E-state index in [2.05, 4.69) is 8.37 Å². The first-order chi connectivity index (χ1) is 15.3. The molecule has 0 saturated carbocycles. The minimum atomic E-state index is -5.23. The molecule has 0 aromatic carbocycles. The van der Waals surface area contributed by atoms with Gasteiger partial charge in [-0.15, -0.1) is 0 Å². The van der Waals surface area contributed by atoms with E-state index in [1.54, 1.807) is 0 Å². The molecule has 8 atom stereocenters.